The molecule has 0 radical (unpaired) electrons. The summed E-state index contributed by atoms with van der Waals surface area (Å²) in [6.45, 7) is 7.44. The van der Waals surface area contributed by atoms with Crippen molar-refractivity contribution in [2.75, 3.05) is 26.9 Å². The van der Waals surface area contributed by atoms with Crippen LogP contribution in [0.4, 0.5) is 0 Å². The van der Waals surface area contributed by atoms with Crippen LogP contribution in [0, 0.1) is 5.92 Å². The van der Waals surface area contributed by atoms with Gasteiger partial charge in [0.1, 0.15) is 0 Å². The second kappa shape index (κ2) is 9.76. The van der Waals surface area contributed by atoms with E-state index in [9.17, 15) is 0 Å². The Labute approximate surface area is 113 Å². The highest BCUT2D eigenvalue weighted by Gasteiger charge is 2.19. The lowest BCUT2D eigenvalue weighted by Gasteiger charge is -2.28. The van der Waals surface area contributed by atoms with Gasteiger partial charge in [0.15, 0.2) is 0 Å². The van der Waals surface area contributed by atoms with Crippen molar-refractivity contribution in [3.63, 3.8) is 0 Å². The lowest BCUT2D eigenvalue weighted by molar-refractivity contribution is 0.0584. The van der Waals surface area contributed by atoms with Crippen molar-refractivity contribution in [1.82, 2.24) is 5.32 Å². The third-order valence-corrected chi connectivity index (χ3v) is 3.97. The predicted molar refractivity (Wildman–Crippen MR) is 75.9 cm³/mol. The van der Waals surface area contributed by atoms with E-state index in [0.717, 1.165) is 32.1 Å². The fourth-order valence-corrected chi connectivity index (χ4v) is 2.59. The van der Waals surface area contributed by atoms with Crippen LogP contribution >= 0.6 is 0 Å². The van der Waals surface area contributed by atoms with E-state index in [1.54, 1.807) is 7.11 Å². The minimum absolute atomic E-state index is 0.380. The molecule has 1 aliphatic rings. The summed E-state index contributed by atoms with van der Waals surface area (Å²) in [6, 6.07) is 0.658. The molecule has 2 atom stereocenters. The molecule has 1 aliphatic heterocycles. The van der Waals surface area contributed by atoms with Crippen molar-refractivity contribution in [1.29, 1.82) is 0 Å². The molecule has 1 rings (SSSR count). The van der Waals surface area contributed by atoms with Gasteiger partial charge in [0.25, 0.3) is 0 Å². The van der Waals surface area contributed by atoms with Gasteiger partial charge in [-0.05, 0) is 57.9 Å². The molecule has 1 heterocycles. The van der Waals surface area contributed by atoms with E-state index >= 15 is 0 Å². The second-order valence-corrected chi connectivity index (χ2v) is 5.57. The standard InChI is InChI=1S/C15H31NO2/c1-4-9-16-15(6-5-13(2)17-3)12-14-7-10-18-11-8-14/h13-16H,4-12H2,1-3H3. The SMILES string of the molecule is CCCNC(CCC(C)OC)CC1CCOCC1. The number of hydrogen-bond donors (Lipinski definition) is 1. The fraction of sp³-hybridized carbons (Fsp3) is 1.00. The Bertz CT molecular complexity index is 193. The summed E-state index contributed by atoms with van der Waals surface area (Å²) >= 11 is 0. The molecule has 18 heavy (non-hydrogen) atoms. The van der Waals surface area contributed by atoms with Crippen LogP contribution < -0.4 is 5.32 Å². The molecule has 0 aromatic heterocycles. The van der Waals surface area contributed by atoms with Gasteiger partial charge in [-0.3, -0.25) is 0 Å². The maximum atomic E-state index is 5.44. The first kappa shape index (κ1) is 15.9. The Morgan fingerprint density at radius 2 is 2.00 bits per heavy atom. The molecule has 0 saturated carbocycles. The molecule has 0 bridgehead atoms. The molecule has 3 nitrogen and oxygen atoms in total. The first-order chi connectivity index (χ1) is 8.76. The Balaban J connectivity index is 2.28. The van der Waals surface area contributed by atoms with Gasteiger partial charge in [0, 0.05) is 26.4 Å². The monoisotopic (exact) mass is 257 g/mol. The highest BCUT2D eigenvalue weighted by molar-refractivity contribution is 4.75. The summed E-state index contributed by atoms with van der Waals surface area (Å²) in [6.07, 6.45) is 7.76. The number of hydrogen-bond acceptors (Lipinski definition) is 3. The van der Waals surface area contributed by atoms with Gasteiger partial charge in [-0.25, -0.2) is 0 Å². The number of methoxy groups -OCH3 is 1. The smallest absolute Gasteiger partial charge is 0.0543 e. The summed E-state index contributed by atoms with van der Waals surface area (Å²) in [5.74, 6) is 0.853. The summed E-state index contributed by atoms with van der Waals surface area (Å²) in [5.41, 5.74) is 0. The average molecular weight is 257 g/mol. The van der Waals surface area contributed by atoms with E-state index in [0.29, 0.717) is 12.1 Å². The molecule has 108 valence electrons. The number of ether oxygens (including phenoxy) is 2. The zero-order valence-corrected chi connectivity index (χ0v) is 12.4. The molecule has 1 fully saturated rings. The second-order valence-electron chi connectivity index (χ2n) is 5.57. The van der Waals surface area contributed by atoms with Crippen LogP contribution in [0.25, 0.3) is 0 Å². The number of nitrogens with one attached hydrogen (secondary N) is 1. The topological polar surface area (TPSA) is 30.5 Å². The lowest BCUT2D eigenvalue weighted by atomic mass is 9.90. The van der Waals surface area contributed by atoms with Crippen LogP contribution in [0.5, 0.6) is 0 Å². The van der Waals surface area contributed by atoms with E-state index in [1.807, 2.05) is 0 Å². The van der Waals surface area contributed by atoms with Crippen LogP contribution in [0.3, 0.4) is 0 Å². The first-order valence-corrected chi connectivity index (χ1v) is 7.60. The maximum absolute atomic E-state index is 5.44. The lowest BCUT2D eigenvalue weighted by Crippen LogP contribution is -2.34. The van der Waals surface area contributed by atoms with E-state index < -0.39 is 0 Å². The van der Waals surface area contributed by atoms with Gasteiger partial charge < -0.3 is 14.8 Å². The molecule has 2 unspecified atom stereocenters. The van der Waals surface area contributed by atoms with Crippen molar-refractivity contribution >= 4 is 0 Å². The molecular weight excluding hydrogens is 226 g/mol. The predicted octanol–water partition coefficient (Wildman–Crippen LogP) is 2.99. The van der Waals surface area contributed by atoms with Crippen LogP contribution in [-0.4, -0.2) is 39.0 Å². The van der Waals surface area contributed by atoms with E-state index in [4.69, 9.17) is 9.47 Å². The maximum Gasteiger partial charge on any atom is 0.0543 e. The highest BCUT2D eigenvalue weighted by atomic mass is 16.5. The molecule has 0 amide bonds. The summed E-state index contributed by atoms with van der Waals surface area (Å²) in [5, 5.41) is 3.70. The first-order valence-electron chi connectivity index (χ1n) is 7.60. The molecular formula is C15H31NO2. The van der Waals surface area contributed by atoms with Crippen LogP contribution in [0.2, 0.25) is 0 Å². The molecule has 0 spiro atoms. The van der Waals surface area contributed by atoms with Crippen molar-refractivity contribution in [2.45, 2.75) is 64.5 Å². The van der Waals surface area contributed by atoms with Gasteiger partial charge in [-0.2, -0.15) is 0 Å². The molecule has 1 N–H and O–H groups in total. The van der Waals surface area contributed by atoms with Crippen molar-refractivity contribution in [3.05, 3.63) is 0 Å². The third-order valence-electron chi connectivity index (χ3n) is 3.97. The van der Waals surface area contributed by atoms with Crippen molar-refractivity contribution in [2.24, 2.45) is 5.92 Å². The molecule has 0 aliphatic carbocycles. The largest absolute Gasteiger partial charge is 0.382 e. The summed E-state index contributed by atoms with van der Waals surface area (Å²) in [7, 11) is 1.80. The average Bonchev–Trinajstić information content (AvgIpc) is 2.42. The number of rotatable bonds is 9. The van der Waals surface area contributed by atoms with Gasteiger partial charge in [0.2, 0.25) is 0 Å². The zero-order valence-electron chi connectivity index (χ0n) is 12.4. The van der Waals surface area contributed by atoms with Gasteiger partial charge >= 0.3 is 0 Å². The molecule has 0 aromatic rings. The van der Waals surface area contributed by atoms with Crippen LogP contribution in [-0.2, 0) is 9.47 Å². The summed E-state index contributed by atoms with van der Waals surface area (Å²) < 4.78 is 10.8. The van der Waals surface area contributed by atoms with Crippen LogP contribution in [0.1, 0.15) is 52.4 Å². The van der Waals surface area contributed by atoms with E-state index in [2.05, 4.69) is 19.2 Å². The molecule has 3 heteroatoms. The minimum atomic E-state index is 0.380. The zero-order chi connectivity index (χ0) is 13.2. The van der Waals surface area contributed by atoms with Gasteiger partial charge in [-0.1, -0.05) is 6.92 Å². The Kier molecular flexibility index (Phi) is 8.64. The van der Waals surface area contributed by atoms with Gasteiger partial charge in [-0.15, -0.1) is 0 Å². The van der Waals surface area contributed by atoms with E-state index in [1.165, 1.54) is 32.1 Å². The van der Waals surface area contributed by atoms with Crippen molar-refractivity contribution < 1.29 is 9.47 Å². The minimum Gasteiger partial charge on any atom is -0.382 e. The highest BCUT2D eigenvalue weighted by Crippen LogP contribution is 2.22. The molecule has 0 aromatic carbocycles. The third kappa shape index (κ3) is 6.72. The Morgan fingerprint density at radius 3 is 2.61 bits per heavy atom. The quantitative estimate of drug-likeness (QED) is 0.689. The summed E-state index contributed by atoms with van der Waals surface area (Å²) in [4.78, 5) is 0. The fourth-order valence-electron chi connectivity index (χ4n) is 2.59. The van der Waals surface area contributed by atoms with E-state index in [-0.39, 0.29) is 0 Å². The van der Waals surface area contributed by atoms with Gasteiger partial charge in [0.05, 0.1) is 6.10 Å². The Hall–Kier alpha value is -0.120. The van der Waals surface area contributed by atoms with Crippen LogP contribution in [0.15, 0.2) is 0 Å². The van der Waals surface area contributed by atoms with Crippen molar-refractivity contribution in [3.8, 4) is 0 Å². The normalized spacial score (nSPS) is 20.8. The Morgan fingerprint density at radius 1 is 1.28 bits per heavy atom. The molecule has 1 saturated heterocycles.